The standard InChI is InChI=1S/C28H38Cl3N3/c1-28(2,3)12-13-32-14-16-33(17-15-32)19-21-4-11-27(25-10-7-23(30)18-26(25)31)34(20-21)24-8-5-22(29)6-9-24/h5-10,18,21,27H,4,11-17,19-20H2,1-3H3. The van der Waals surface area contributed by atoms with E-state index >= 15 is 0 Å². The summed E-state index contributed by atoms with van der Waals surface area (Å²) in [5, 5.41) is 2.20. The molecule has 2 aromatic rings. The normalized spacial score (nSPS) is 22.8. The lowest BCUT2D eigenvalue weighted by atomic mass is 9.88. The molecule has 2 aromatic carbocycles. The summed E-state index contributed by atoms with van der Waals surface area (Å²) in [4.78, 5) is 7.84. The molecule has 0 aliphatic carbocycles. The van der Waals surface area contributed by atoms with E-state index in [9.17, 15) is 0 Å². The monoisotopic (exact) mass is 521 g/mol. The van der Waals surface area contributed by atoms with E-state index in [1.165, 1.54) is 51.3 Å². The maximum Gasteiger partial charge on any atom is 0.0557 e. The molecule has 0 N–H and O–H groups in total. The Morgan fingerprint density at radius 3 is 2.12 bits per heavy atom. The van der Waals surface area contributed by atoms with Gasteiger partial charge in [0.15, 0.2) is 0 Å². The Morgan fingerprint density at radius 2 is 1.47 bits per heavy atom. The fraction of sp³-hybridized carbons (Fsp3) is 0.571. The van der Waals surface area contributed by atoms with Crippen LogP contribution in [-0.2, 0) is 0 Å². The zero-order valence-electron chi connectivity index (χ0n) is 20.7. The molecule has 2 fully saturated rings. The first-order valence-corrected chi connectivity index (χ1v) is 13.7. The number of hydrogen-bond donors (Lipinski definition) is 0. The molecule has 186 valence electrons. The van der Waals surface area contributed by atoms with Gasteiger partial charge < -0.3 is 14.7 Å². The second-order valence-corrected chi connectivity index (χ2v) is 12.5. The molecule has 2 heterocycles. The number of halogens is 3. The summed E-state index contributed by atoms with van der Waals surface area (Å²) in [6.45, 7) is 15.1. The zero-order chi connectivity index (χ0) is 24.3. The molecule has 0 bridgehead atoms. The van der Waals surface area contributed by atoms with Crippen molar-refractivity contribution in [3.05, 3.63) is 63.1 Å². The number of piperidine rings is 1. The number of rotatable bonds is 6. The molecule has 4 rings (SSSR count). The number of piperazine rings is 1. The van der Waals surface area contributed by atoms with Gasteiger partial charge in [0, 0.05) is 60.0 Å². The highest BCUT2D eigenvalue weighted by Gasteiger charge is 2.32. The van der Waals surface area contributed by atoms with E-state index in [0.717, 1.165) is 35.1 Å². The van der Waals surface area contributed by atoms with Crippen LogP contribution in [0.15, 0.2) is 42.5 Å². The maximum atomic E-state index is 6.66. The third-order valence-electron chi connectivity index (χ3n) is 7.32. The van der Waals surface area contributed by atoms with Gasteiger partial charge in [-0.2, -0.15) is 0 Å². The molecule has 0 aromatic heterocycles. The lowest BCUT2D eigenvalue weighted by Gasteiger charge is -2.44. The third kappa shape index (κ3) is 7.04. The van der Waals surface area contributed by atoms with Crippen LogP contribution >= 0.6 is 34.8 Å². The van der Waals surface area contributed by atoms with E-state index in [4.69, 9.17) is 34.8 Å². The minimum absolute atomic E-state index is 0.247. The Morgan fingerprint density at radius 1 is 0.824 bits per heavy atom. The average Bonchev–Trinajstić information content (AvgIpc) is 2.79. The summed E-state index contributed by atoms with van der Waals surface area (Å²) in [6.07, 6.45) is 3.55. The Hall–Kier alpha value is -0.970. The highest BCUT2D eigenvalue weighted by Crippen LogP contribution is 2.40. The molecule has 2 unspecified atom stereocenters. The van der Waals surface area contributed by atoms with E-state index in [-0.39, 0.29) is 6.04 Å². The van der Waals surface area contributed by atoms with E-state index < -0.39 is 0 Å². The number of nitrogens with zero attached hydrogens (tertiary/aromatic N) is 3. The second kappa shape index (κ2) is 11.4. The highest BCUT2D eigenvalue weighted by atomic mass is 35.5. The summed E-state index contributed by atoms with van der Waals surface area (Å²) in [7, 11) is 0. The van der Waals surface area contributed by atoms with Crippen molar-refractivity contribution in [3.63, 3.8) is 0 Å². The van der Waals surface area contributed by atoms with E-state index in [1.807, 2.05) is 24.3 Å². The van der Waals surface area contributed by atoms with Gasteiger partial charge in [-0.15, -0.1) is 0 Å². The summed E-state index contributed by atoms with van der Waals surface area (Å²) in [5.41, 5.74) is 2.78. The average molecular weight is 523 g/mol. The third-order valence-corrected chi connectivity index (χ3v) is 8.13. The Labute approximate surface area is 221 Å². The molecule has 2 aliphatic rings. The molecule has 34 heavy (non-hydrogen) atoms. The van der Waals surface area contributed by atoms with Crippen molar-refractivity contribution in [1.82, 2.24) is 9.80 Å². The Kier molecular flexibility index (Phi) is 8.75. The van der Waals surface area contributed by atoms with Gasteiger partial charge in [0.2, 0.25) is 0 Å². The van der Waals surface area contributed by atoms with Crippen molar-refractivity contribution in [1.29, 1.82) is 0 Å². The van der Waals surface area contributed by atoms with Crippen molar-refractivity contribution in [2.45, 2.75) is 46.1 Å². The fourth-order valence-corrected chi connectivity index (χ4v) is 5.92. The number of benzene rings is 2. The maximum absolute atomic E-state index is 6.66. The van der Waals surface area contributed by atoms with Gasteiger partial charge >= 0.3 is 0 Å². The van der Waals surface area contributed by atoms with Gasteiger partial charge in [-0.3, -0.25) is 0 Å². The molecule has 2 aliphatic heterocycles. The predicted molar refractivity (Wildman–Crippen MR) is 148 cm³/mol. The molecule has 0 spiro atoms. The van der Waals surface area contributed by atoms with Crippen LogP contribution in [0.4, 0.5) is 5.69 Å². The number of hydrogen-bond acceptors (Lipinski definition) is 3. The van der Waals surface area contributed by atoms with Crippen molar-refractivity contribution < 1.29 is 0 Å². The van der Waals surface area contributed by atoms with E-state index in [1.54, 1.807) is 0 Å². The molecule has 3 nitrogen and oxygen atoms in total. The zero-order valence-corrected chi connectivity index (χ0v) is 23.0. The summed E-state index contributed by atoms with van der Waals surface area (Å²) < 4.78 is 0. The van der Waals surface area contributed by atoms with Crippen molar-refractivity contribution in [2.24, 2.45) is 11.3 Å². The van der Waals surface area contributed by atoms with Gasteiger partial charge in [-0.1, -0.05) is 61.6 Å². The first-order valence-electron chi connectivity index (χ1n) is 12.6. The molecule has 0 saturated carbocycles. The Balaban J connectivity index is 1.41. The van der Waals surface area contributed by atoms with Crippen LogP contribution in [0.5, 0.6) is 0 Å². The fourth-order valence-electron chi connectivity index (χ4n) is 5.26. The predicted octanol–water partition coefficient (Wildman–Crippen LogP) is 7.66. The lowest BCUT2D eigenvalue weighted by Crippen LogP contribution is -2.50. The topological polar surface area (TPSA) is 9.72 Å². The smallest absolute Gasteiger partial charge is 0.0557 e. The lowest BCUT2D eigenvalue weighted by molar-refractivity contribution is 0.104. The molecule has 6 heteroatoms. The van der Waals surface area contributed by atoms with Crippen LogP contribution in [0.3, 0.4) is 0 Å². The van der Waals surface area contributed by atoms with Crippen LogP contribution in [-0.4, -0.2) is 55.6 Å². The van der Waals surface area contributed by atoms with Crippen LogP contribution in [0, 0.1) is 11.3 Å². The van der Waals surface area contributed by atoms with Gasteiger partial charge in [0.05, 0.1) is 6.04 Å². The van der Waals surface area contributed by atoms with Gasteiger partial charge in [0.25, 0.3) is 0 Å². The van der Waals surface area contributed by atoms with Gasteiger partial charge in [0.1, 0.15) is 0 Å². The van der Waals surface area contributed by atoms with Gasteiger partial charge in [-0.05, 0) is 79.1 Å². The van der Waals surface area contributed by atoms with Crippen molar-refractivity contribution in [2.75, 3.05) is 50.7 Å². The summed E-state index contributed by atoms with van der Waals surface area (Å²) in [6, 6.07) is 14.4. The molecular weight excluding hydrogens is 485 g/mol. The molecule has 0 radical (unpaired) electrons. The van der Waals surface area contributed by atoms with Crippen LogP contribution in [0.2, 0.25) is 15.1 Å². The largest absolute Gasteiger partial charge is 0.364 e. The molecule has 2 saturated heterocycles. The molecule has 0 amide bonds. The minimum atomic E-state index is 0.247. The highest BCUT2D eigenvalue weighted by molar-refractivity contribution is 6.35. The molecular formula is C28H38Cl3N3. The van der Waals surface area contributed by atoms with Crippen LogP contribution in [0.1, 0.15) is 51.6 Å². The van der Waals surface area contributed by atoms with Crippen molar-refractivity contribution >= 4 is 40.5 Å². The first-order chi connectivity index (χ1) is 16.2. The molecule has 2 atom stereocenters. The van der Waals surface area contributed by atoms with Gasteiger partial charge in [-0.25, -0.2) is 0 Å². The van der Waals surface area contributed by atoms with E-state index in [0.29, 0.717) is 16.4 Å². The van der Waals surface area contributed by atoms with Crippen LogP contribution in [0.25, 0.3) is 0 Å². The minimum Gasteiger partial charge on any atom is -0.364 e. The van der Waals surface area contributed by atoms with Crippen LogP contribution < -0.4 is 4.90 Å². The number of anilines is 1. The summed E-state index contributed by atoms with van der Waals surface area (Å²) in [5.74, 6) is 0.638. The Bertz CT molecular complexity index is 933. The van der Waals surface area contributed by atoms with E-state index in [2.05, 4.69) is 53.7 Å². The quantitative estimate of drug-likeness (QED) is 0.385. The first kappa shape index (κ1) is 26.1. The second-order valence-electron chi connectivity index (χ2n) is 11.2. The van der Waals surface area contributed by atoms with Crippen molar-refractivity contribution in [3.8, 4) is 0 Å². The summed E-state index contributed by atoms with van der Waals surface area (Å²) >= 11 is 19.0. The SMILES string of the molecule is CC(C)(C)CCN1CCN(CC2CCC(c3ccc(Cl)cc3Cl)N(c3ccc(Cl)cc3)C2)CC1.